The average Bonchev–Trinajstić information content (AvgIpc) is 3.08. The van der Waals surface area contributed by atoms with Crippen LogP contribution in [0.2, 0.25) is 0 Å². The van der Waals surface area contributed by atoms with Crippen molar-refractivity contribution in [1.29, 1.82) is 0 Å². The average molecular weight is 463 g/mol. The molecule has 2 aliphatic carbocycles. The molecule has 2 saturated carbocycles. The molecule has 180 valence electrons. The van der Waals surface area contributed by atoms with E-state index in [4.69, 9.17) is 5.73 Å². The van der Waals surface area contributed by atoms with Crippen LogP contribution >= 0.6 is 0 Å². The second kappa shape index (κ2) is 8.65. The Morgan fingerprint density at radius 1 is 1.09 bits per heavy atom. The van der Waals surface area contributed by atoms with Crippen LogP contribution in [-0.2, 0) is 5.54 Å². The number of hydrogen-bond acceptors (Lipinski definition) is 5. The van der Waals surface area contributed by atoms with Gasteiger partial charge in [0.1, 0.15) is 0 Å². The summed E-state index contributed by atoms with van der Waals surface area (Å²) in [7, 11) is 4.33. The molecule has 8 nitrogen and oxygen atoms in total. The van der Waals surface area contributed by atoms with Crippen LogP contribution in [0.4, 0.5) is 10.7 Å². The molecule has 1 saturated heterocycles. The number of rotatable bonds is 6. The molecule has 1 aliphatic heterocycles. The van der Waals surface area contributed by atoms with Crippen molar-refractivity contribution >= 4 is 17.9 Å². The summed E-state index contributed by atoms with van der Waals surface area (Å²) in [6, 6.07) is 10.7. The smallest absolute Gasteiger partial charge is 0.327 e. The van der Waals surface area contributed by atoms with E-state index in [9.17, 15) is 9.59 Å². The number of anilines is 1. The number of carbonyl (C=O) groups is 2. The summed E-state index contributed by atoms with van der Waals surface area (Å²) in [5.74, 6) is 0.349. The van der Waals surface area contributed by atoms with E-state index in [1.54, 1.807) is 4.90 Å². The van der Waals surface area contributed by atoms with Gasteiger partial charge in [0.05, 0.1) is 17.6 Å². The Balaban J connectivity index is 1.44. The van der Waals surface area contributed by atoms with E-state index in [0.717, 1.165) is 32.2 Å². The highest BCUT2D eigenvalue weighted by Gasteiger charge is 2.55. The number of carbonyl (C=O) groups excluding carboxylic acids is 2. The van der Waals surface area contributed by atoms with Gasteiger partial charge < -0.3 is 10.6 Å². The molecule has 34 heavy (non-hydrogen) atoms. The van der Waals surface area contributed by atoms with Gasteiger partial charge in [-0.2, -0.15) is 0 Å². The third kappa shape index (κ3) is 3.74. The van der Waals surface area contributed by atoms with Crippen molar-refractivity contribution in [2.75, 3.05) is 32.1 Å². The third-order valence-electron chi connectivity index (χ3n) is 8.49. The molecule has 3 fully saturated rings. The van der Waals surface area contributed by atoms with Crippen LogP contribution in [0.1, 0.15) is 60.9 Å². The molecule has 1 aromatic heterocycles. The van der Waals surface area contributed by atoms with Gasteiger partial charge in [-0.25, -0.2) is 14.8 Å². The number of aromatic nitrogens is 2. The normalized spacial score (nSPS) is 27.4. The molecule has 1 aromatic carbocycles. The van der Waals surface area contributed by atoms with E-state index in [-0.39, 0.29) is 22.7 Å². The van der Waals surface area contributed by atoms with Crippen LogP contribution in [0.15, 0.2) is 42.7 Å². The van der Waals surface area contributed by atoms with Crippen LogP contribution in [0.25, 0.3) is 0 Å². The zero-order valence-electron chi connectivity index (χ0n) is 20.1. The topological polar surface area (TPSA) is 95.7 Å². The van der Waals surface area contributed by atoms with Crippen molar-refractivity contribution in [1.82, 2.24) is 19.8 Å². The molecule has 2 N–H and O–H groups in total. The Labute approximate surface area is 201 Å². The lowest BCUT2D eigenvalue weighted by atomic mass is 9.68. The molecule has 2 heterocycles. The highest BCUT2D eigenvalue weighted by Crippen LogP contribution is 2.49. The number of benzene rings is 1. The molecular formula is C26H34N6O2. The monoisotopic (exact) mass is 462 g/mol. The van der Waals surface area contributed by atoms with Gasteiger partial charge in [-0.05, 0) is 64.1 Å². The number of nitrogens with two attached hydrogens (primary N) is 1. The summed E-state index contributed by atoms with van der Waals surface area (Å²) in [6.07, 6.45) is 10.3. The van der Waals surface area contributed by atoms with Gasteiger partial charge in [-0.3, -0.25) is 14.6 Å². The maximum absolute atomic E-state index is 13.7. The maximum Gasteiger partial charge on any atom is 0.327 e. The van der Waals surface area contributed by atoms with Gasteiger partial charge >= 0.3 is 6.03 Å². The molecule has 3 amide bonds. The third-order valence-corrected chi connectivity index (χ3v) is 8.49. The fourth-order valence-corrected chi connectivity index (χ4v) is 6.04. The lowest BCUT2D eigenvalue weighted by molar-refractivity contribution is 0.0172. The van der Waals surface area contributed by atoms with Gasteiger partial charge in [0.25, 0.3) is 5.91 Å². The van der Waals surface area contributed by atoms with Crippen LogP contribution in [0.3, 0.4) is 0 Å². The fourth-order valence-electron chi connectivity index (χ4n) is 6.04. The van der Waals surface area contributed by atoms with E-state index in [1.807, 2.05) is 0 Å². The zero-order chi connectivity index (χ0) is 23.9. The molecule has 0 unspecified atom stereocenters. The van der Waals surface area contributed by atoms with E-state index < -0.39 is 5.91 Å². The van der Waals surface area contributed by atoms with Crippen molar-refractivity contribution in [3.05, 3.63) is 53.9 Å². The number of hydrogen-bond donors (Lipinski definition) is 1. The van der Waals surface area contributed by atoms with E-state index >= 15 is 0 Å². The van der Waals surface area contributed by atoms with Gasteiger partial charge in [-0.15, -0.1) is 0 Å². The molecule has 5 rings (SSSR count). The van der Waals surface area contributed by atoms with E-state index in [0.29, 0.717) is 18.4 Å². The highest BCUT2D eigenvalue weighted by molar-refractivity contribution is 5.95. The number of nitrogens with zero attached hydrogens (tertiary/aromatic N) is 5. The summed E-state index contributed by atoms with van der Waals surface area (Å²) < 4.78 is 0. The largest absolute Gasteiger partial charge is 0.366 e. The first-order valence-electron chi connectivity index (χ1n) is 12.3. The molecule has 0 atom stereocenters. The first kappa shape index (κ1) is 22.8. The molecule has 2 aromatic rings. The van der Waals surface area contributed by atoms with E-state index in [1.165, 1.54) is 37.2 Å². The Kier molecular flexibility index (Phi) is 5.80. The van der Waals surface area contributed by atoms with Crippen molar-refractivity contribution in [2.45, 2.75) is 56.0 Å². The zero-order valence-corrected chi connectivity index (χ0v) is 20.1. The summed E-state index contributed by atoms with van der Waals surface area (Å²) in [5.41, 5.74) is 6.66. The lowest BCUT2D eigenvalue weighted by Crippen LogP contribution is -2.56. The van der Waals surface area contributed by atoms with Crippen molar-refractivity contribution in [3.8, 4) is 0 Å². The summed E-state index contributed by atoms with van der Waals surface area (Å²) in [4.78, 5) is 40.0. The summed E-state index contributed by atoms with van der Waals surface area (Å²) in [6.45, 7) is 1.38. The standard InChI is InChI=1S/C26H34N6O2/c1-30(2)26(21-9-4-3-5-10-21)13-11-25(12-14-26)18-31(23-28-15-20(16-29-23)22(27)33)24(34)32(25)17-19-7-6-8-19/h3-5,9-10,15-16,19H,6-8,11-14,17-18H2,1-2H3,(H2,27,33)/t25-,26+. The molecule has 0 bridgehead atoms. The molecule has 0 radical (unpaired) electrons. The highest BCUT2D eigenvalue weighted by atomic mass is 16.2. The molecule has 1 spiro atoms. The second-order valence-corrected chi connectivity index (χ2v) is 10.4. The minimum absolute atomic E-state index is 0.0178. The first-order valence-corrected chi connectivity index (χ1v) is 12.3. The van der Waals surface area contributed by atoms with Crippen molar-refractivity contribution in [2.24, 2.45) is 11.7 Å². The predicted octanol–water partition coefficient (Wildman–Crippen LogP) is 3.39. The maximum atomic E-state index is 13.7. The van der Waals surface area contributed by atoms with Crippen molar-refractivity contribution in [3.63, 3.8) is 0 Å². The number of urea groups is 1. The fraction of sp³-hybridized carbons (Fsp3) is 0.538. The van der Waals surface area contributed by atoms with Crippen LogP contribution in [-0.4, -0.2) is 64.4 Å². The van der Waals surface area contributed by atoms with Crippen molar-refractivity contribution < 1.29 is 9.59 Å². The van der Waals surface area contributed by atoms with Crippen LogP contribution in [0.5, 0.6) is 0 Å². The Hall–Kier alpha value is -3.00. The van der Waals surface area contributed by atoms with Crippen LogP contribution in [0, 0.1) is 5.92 Å². The molecule has 8 heteroatoms. The SMILES string of the molecule is CN(C)[C@]1(c2ccccc2)CC[C@]2(CC1)CN(c1ncc(C(N)=O)cn1)C(=O)N2CC1CCC1. The predicted molar refractivity (Wildman–Crippen MR) is 130 cm³/mol. The Morgan fingerprint density at radius 3 is 2.26 bits per heavy atom. The van der Waals surface area contributed by atoms with Gasteiger partial charge in [0.15, 0.2) is 0 Å². The Bertz CT molecular complexity index is 1040. The second-order valence-electron chi connectivity index (χ2n) is 10.4. The lowest BCUT2D eigenvalue weighted by Gasteiger charge is -2.51. The minimum Gasteiger partial charge on any atom is -0.366 e. The van der Waals surface area contributed by atoms with Gasteiger partial charge in [0, 0.05) is 24.5 Å². The Morgan fingerprint density at radius 2 is 1.74 bits per heavy atom. The van der Waals surface area contributed by atoms with Crippen LogP contribution < -0.4 is 10.6 Å². The summed E-state index contributed by atoms with van der Waals surface area (Å²) >= 11 is 0. The van der Waals surface area contributed by atoms with E-state index in [2.05, 4.69) is 64.2 Å². The number of amides is 3. The molecular weight excluding hydrogens is 428 g/mol. The first-order chi connectivity index (χ1) is 16.3. The summed E-state index contributed by atoms with van der Waals surface area (Å²) in [5, 5.41) is 0. The quantitative estimate of drug-likeness (QED) is 0.710. The number of primary amides is 1. The van der Waals surface area contributed by atoms with Gasteiger partial charge in [-0.1, -0.05) is 36.8 Å². The van der Waals surface area contributed by atoms with Gasteiger partial charge in [0.2, 0.25) is 5.95 Å². The molecule has 3 aliphatic rings. The minimum atomic E-state index is -0.574.